The largest absolute Gasteiger partial charge is 0.464 e. The Labute approximate surface area is 124 Å². The minimum atomic E-state index is -4.48. The molecule has 1 aromatic heterocycles. The first-order valence-corrected chi connectivity index (χ1v) is 6.80. The number of esters is 1. The highest BCUT2D eigenvalue weighted by atomic mass is 35.5. The number of alkyl halides is 3. The zero-order valence-corrected chi connectivity index (χ0v) is 12.0. The summed E-state index contributed by atoms with van der Waals surface area (Å²) >= 11 is 5.72. The number of aromatic nitrogens is 1. The molecule has 0 aromatic carbocycles. The van der Waals surface area contributed by atoms with Gasteiger partial charge in [0.1, 0.15) is 12.4 Å². The van der Waals surface area contributed by atoms with Crippen molar-refractivity contribution in [2.75, 3.05) is 18.5 Å². The summed E-state index contributed by atoms with van der Waals surface area (Å²) in [4.78, 5) is 15.0. The molecule has 2 atom stereocenters. The van der Waals surface area contributed by atoms with E-state index in [-0.39, 0.29) is 35.9 Å². The lowest BCUT2D eigenvalue weighted by molar-refractivity contribution is -0.145. The molecule has 1 saturated carbocycles. The van der Waals surface area contributed by atoms with E-state index in [1.165, 1.54) is 0 Å². The van der Waals surface area contributed by atoms with E-state index in [0.29, 0.717) is 12.1 Å². The molecule has 2 rings (SSSR count). The Morgan fingerprint density at radius 3 is 2.76 bits per heavy atom. The maximum atomic E-state index is 12.4. The minimum Gasteiger partial charge on any atom is -0.464 e. The molecule has 0 spiro atoms. The van der Waals surface area contributed by atoms with E-state index in [4.69, 9.17) is 16.3 Å². The van der Waals surface area contributed by atoms with E-state index in [0.717, 1.165) is 12.5 Å². The second-order valence-electron chi connectivity index (χ2n) is 4.97. The van der Waals surface area contributed by atoms with Crippen molar-refractivity contribution in [3.63, 3.8) is 0 Å². The highest BCUT2D eigenvalue weighted by Gasteiger charge is 2.40. The third-order valence-corrected chi connectivity index (χ3v) is 3.51. The van der Waals surface area contributed by atoms with Gasteiger partial charge in [0.25, 0.3) is 0 Å². The highest BCUT2D eigenvalue weighted by molar-refractivity contribution is 6.32. The molecule has 1 heterocycles. The fraction of sp³-hybridized carbons (Fsp3) is 0.538. The van der Waals surface area contributed by atoms with E-state index in [2.05, 4.69) is 10.3 Å². The van der Waals surface area contributed by atoms with Crippen LogP contribution in [-0.4, -0.2) is 24.1 Å². The van der Waals surface area contributed by atoms with E-state index in [9.17, 15) is 18.0 Å². The van der Waals surface area contributed by atoms with Gasteiger partial charge in [-0.15, -0.1) is 0 Å². The van der Waals surface area contributed by atoms with Crippen molar-refractivity contribution in [2.24, 2.45) is 11.8 Å². The molecule has 21 heavy (non-hydrogen) atoms. The molecule has 1 N–H and O–H groups in total. The van der Waals surface area contributed by atoms with Crippen LogP contribution in [0.3, 0.4) is 0 Å². The number of hydrogen-bond donors (Lipinski definition) is 1. The lowest BCUT2D eigenvalue weighted by Crippen LogP contribution is -2.16. The number of halogens is 4. The second-order valence-corrected chi connectivity index (χ2v) is 5.37. The first kappa shape index (κ1) is 15.9. The first-order chi connectivity index (χ1) is 9.79. The maximum Gasteiger partial charge on any atom is 0.417 e. The summed E-state index contributed by atoms with van der Waals surface area (Å²) in [6, 6.07) is 0.800. The average molecular weight is 323 g/mol. The number of ether oxygens (including phenoxy) is 1. The molecule has 8 heteroatoms. The monoisotopic (exact) mass is 322 g/mol. The Balaban J connectivity index is 1.79. The molecule has 0 saturated heterocycles. The Bertz CT molecular complexity index is 537. The van der Waals surface area contributed by atoms with Crippen molar-refractivity contribution in [2.45, 2.75) is 19.5 Å². The van der Waals surface area contributed by atoms with Gasteiger partial charge >= 0.3 is 12.1 Å². The average Bonchev–Trinajstić information content (AvgIpc) is 3.12. The summed E-state index contributed by atoms with van der Waals surface area (Å²) in [5.74, 6) is 0.241. The summed E-state index contributed by atoms with van der Waals surface area (Å²) < 4.78 is 42.3. The normalized spacial score (nSPS) is 21.0. The number of nitrogens with zero attached hydrogens (tertiary/aromatic N) is 1. The molecule has 0 unspecified atom stereocenters. The van der Waals surface area contributed by atoms with Crippen molar-refractivity contribution in [3.8, 4) is 0 Å². The Morgan fingerprint density at radius 2 is 2.24 bits per heavy atom. The quantitative estimate of drug-likeness (QED) is 0.667. The van der Waals surface area contributed by atoms with E-state index in [1.807, 2.05) is 6.92 Å². The Hall–Kier alpha value is -1.50. The van der Waals surface area contributed by atoms with Gasteiger partial charge < -0.3 is 10.1 Å². The van der Waals surface area contributed by atoms with Crippen molar-refractivity contribution in [1.82, 2.24) is 4.98 Å². The number of hydrogen-bond acceptors (Lipinski definition) is 4. The van der Waals surface area contributed by atoms with E-state index >= 15 is 0 Å². The molecule has 4 nitrogen and oxygen atoms in total. The number of nitrogens with one attached hydrogen (secondary N) is 1. The molecule has 1 fully saturated rings. The SMILES string of the molecule is C[C@H]1C[C@@H]1C(=O)OCCNc1ncc(C(F)(F)F)cc1Cl. The first-order valence-electron chi connectivity index (χ1n) is 6.42. The third-order valence-electron chi connectivity index (χ3n) is 3.22. The van der Waals surface area contributed by atoms with Gasteiger partial charge in [-0.1, -0.05) is 18.5 Å². The molecule has 0 aliphatic heterocycles. The molecule has 1 aliphatic rings. The van der Waals surface area contributed by atoms with Crippen LogP contribution in [0, 0.1) is 11.8 Å². The van der Waals surface area contributed by atoms with Crippen molar-refractivity contribution < 1.29 is 22.7 Å². The van der Waals surface area contributed by atoms with Gasteiger partial charge in [0, 0.05) is 6.20 Å². The number of pyridine rings is 1. The van der Waals surface area contributed by atoms with Crippen molar-refractivity contribution in [1.29, 1.82) is 0 Å². The summed E-state index contributed by atoms with van der Waals surface area (Å²) in [5.41, 5.74) is -0.910. The van der Waals surface area contributed by atoms with Gasteiger partial charge in [-0.05, 0) is 18.4 Å². The van der Waals surface area contributed by atoms with Crippen molar-refractivity contribution in [3.05, 3.63) is 22.8 Å². The molecule has 0 radical (unpaired) electrons. The molecule has 116 valence electrons. The fourth-order valence-electron chi connectivity index (χ4n) is 1.80. The fourth-order valence-corrected chi connectivity index (χ4v) is 2.03. The molecular formula is C13H14ClF3N2O2. The Kier molecular flexibility index (Phi) is 4.61. The third kappa shape index (κ3) is 4.23. The van der Waals surface area contributed by atoms with Crippen LogP contribution in [0.4, 0.5) is 19.0 Å². The predicted molar refractivity (Wildman–Crippen MR) is 71.0 cm³/mol. The lowest BCUT2D eigenvalue weighted by atomic mass is 10.3. The number of anilines is 1. The summed E-state index contributed by atoms with van der Waals surface area (Å²) in [6.07, 6.45) is -2.93. The predicted octanol–water partition coefficient (Wildman–Crippen LogP) is 3.36. The van der Waals surface area contributed by atoms with Crippen LogP contribution >= 0.6 is 11.6 Å². The van der Waals surface area contributed by atoms with Crippen LogP contribution in [0.5, 0.6) is 0 Å². The smallest absolute Gasteiger partial charge is 0.417 e. The number of carbonyl (C=O) groups is 1. The number of carbonyl (C=O) groups excluding carboxylic acids is 1. The highest BCUT2D eigenvalue weighted by Crippen LogP contribution is 2.38. The van der Waals surface area contributed by atoms with E-state index < -0.39 is 11.7 Å². The molecule has 1 aromatic rings. The second kappa shape index (κ2) is 6.09. The van der Waals surface area contributed by atoms with Gasteiger partial charge in [0.05, 0.1) is 23.0 Å². The molecular weight excluding hydrogens is 309 g/mol. The van der Waals surface area contributed by atoms with Gasteiger partial charge in [0.2, 0.25) is 0 Å². The van der Waals surface area contributed by atoms with Crippen LogP contribution in [0.1, 0.15) is 18.9 Å². The van der Waals surface area contributed by atoms with Crippen molar-refractivity contribution >= 4 is 23.4 Å². The summed E-state index contributed by atoms with van der Waals surface area (Å²) in [7, 11) is 0. The van der Waals surface area contributed by atoms with Gasteiger partial charge in [0.15, 0.2) is 0 Å². The summed E-state index contributed by atoms with van der Waals surface area (Å²) in [5, 5.41) is 2.60. The van der Waals surface area contributed by atoms with Crippen LogP contribution < -0.4 is 5.32 Å². The van der Waals surface area contributed by atoms with Crippen LogP contribution in [-0.2, 0) is 15.7 Å². The zero-order valence-electron chi connectivity index (χ0n) is 11.2. The maximum absolute atomic E-state index is 12.4. The van der Waals surface area contributed by atoms with Gasteiger partial charge in [-0.2, -0.15) is 13.2 Å². The topological polar surface area (TPSA) is 51.2 Å². The molecule has 0 bridgehead atoms. The number of rotatable bonds is 5. The Morgan fingerprint density at radius 1 is 1.57 bits per heavy atom. The van der Waals surface area contributed by atoms with E-state index in [1.54, 1.807) is 0 Å². The van der Waals surface area contributed by atoms with Crippen LogP contribution in [0.25, 0.3) is 0 Å². The molecule has 0 amide bonds. The van der Waals surface area contributed by atoms with Gasteiger partial charge in [-0.3, -0.25) is 4.79 Å². The molecule has 1 aliphatic carbocycles. The lowest BCUT2D eigenvalue weighted by Gasteiger charge is -2.11. The zero-order chi connectivity index (χ0) is 15.6. The van der Waals surface area contributed by atoms with Gasteiger partial charge in [-0.25, -0.2) is 4.98 Å². The van der Waals surface area contributed by atoms with Crippen LogP contribution in [0.2, 0.25) is 5.02 Å². The minimum absolute atomic E-state index is 0.0159. The standard InChI is InChI=1S/C13H14ClF3N2O2/c1-7-4-9(7)12(20)21-3-2-18-11-10(14)5-8(6-19-11)13(15,16)17/h5-7,9H,2-4H2,1H3,(H,18,19)/t7-,9-/m0/s1. The van der Waals surface area contributed by atoms with Crippen LogP contribution in [0.15, 0.2) is 12.3 Å². The summed E-state index contributed by atoms with van der Waals surface area (Å²) in [6.45, 7) is 2.31.